The lowest BCUT2D eigenvalue weighted by Gasteiger charge is -2.10. The van der Waals surface area contributed by atoms with E-state index in [-0.39, 0.29) is 6.61 Å². The van der Waals surface area contributed by atoms with Gasteiger partial charge in [-0.15, -0.1) is 0 Å². The van der Waals surface area contributed by atoms with E-state index in [2.05, 4.69) is 0 Å². The summed E-state index contributed by atoms with van der Waals surface area (Å²) in [7, 11) is 0. The molecule has 0 amide bonds. The first-order valence-electron chi connectivity index (χ1n) is 7.98. The van der Waals surface area contributed by atoms with E-state index in [0.29, 0.717) is 23.0 Å². The fourth-order valence-electron chi connectivity index (χ4n) is 2.35. The second-order valence-electron chi connectivity index (χ2n) is 5.80. The maximum absolute atomic E-state index is 12.6. The van der Waals surface area contributed by atoms with Gasteiger partial charge in [0.05, 0.1) is 5.56 Å². The summed E-state index contributed by atoms with van der Waals surface area (Å²) in [5.41, 5.74) is -0.388. The van der Waals surface area contributed by atoms with E-state index >= 15 is 0 Å². The van der Waals surface area contributed by atoms with Crippen LogP contribution in [0.4, 0.5) is 13.2 Å². The van der Waals surface area contributed by atoms with Crippen LogP contribution < -0.4 is 15.1 Å². The van der Waals surface area contributed by atoms with E-state index in [1.54, 1.807) is 37.3 Å². The van der Waals surface area contributed by atoms with Crippen LogP contribution in [0.5, 0.6) is 17.2 Å². The number of aryl methyl sites for hydroxylation is 1. The van der Waals surface area contributed by atoms with Crippen LogP contribution in [-0.2, 0) is 12.8 Å². The highest BCUT2D eigenvalue weighted by Crippen LogP contribution is 2.31. The molecule has 3 aromatic rings. The van der Waals surface area contributed by atoms with Gasteiger partial charge in [0.2, 0.25) is 0 Å². The summed E-state index contributed by atoms with van der Waals surface area (Å²) in [5.74, 6) is 1.67. The van der Waals surface area contributed by atoms with E-state index in [1.807, 2.05) is 0 Å². The second-order valence-corrected chi connectivity index (χ2v) is 5.80. The van der Waals surface area contributed by atoms with E-state index < -0.39 is 17.4 Å². The van der Waals surface area contributed by atoms with Gasteiger partial charge < -0.3 is 13.9 Å². The fourth-order valence-corrected chi connectivity index (χ4v) is 2.35. The lowest BCUT2D eigenvalue weighted by molar-refractivity contribution is -0.137. The Kier molecular flexibility index (Phi) is 5.21. The molecule has 0 aliphatic carbocycles. The second kappa shape index (κ2) is 7.57. The Morgan fingerprint density at radius 3 is 2.00 bits per heavy atom. The summed E-state index contributed by atoms with van der Waals surface area (Å²) < 4.78 is 53.7. The highest BCUT2D eigenvalue weighted by Gasteiger charge is 2.30. The van der Waals surface area contributed by atoms with Crippen LogP contribution in [0, 0.1) is 6.92 Å². The molecular weight excluding hydrogens is 361 g/mol. The summed E-state index contributed by atoms with van der Waals surface area (Å²) in [5, 5.41) is 0. The molecule has 2 aromatic carbocycles. The molecule has 1 aromatic heterocycles. The minimum atomic E-state index is -4.38. The fraction of sp³-hybridized carbons (Fsp3) is 0.150. The molecule has 0 fully saturated rings. The van der Waals surface area contributed by atoms with Gasteiger partial charge in [-0.3, -0.25) is 0 Å². The van der Waals surface area contributed by atoms with Gasteiger partial charge in [-0.2, -0.15) is 13.2 Å². The third kappa shape index (κ3) is 5.13. The smallest absolute Gasteiger partial charge is 0.416 e. The molecule has 4 nitrogen and oxygen atoms in total. The zero-order valence-corrected chi connectivity index (χ0v) is 14.2. The Morgan fingerprint density at radius 2 is 1.44 bits per heavy atom. The van der Waals surface area contributed by atoms with Crippen LogP contribution >= 0.6 is 0 Å². The van der Waals surface area contributed by atoms with Crippen molar-refractivity contribution >= 4 is 0 Å². The van der Waals surface area contributed by atoms with Gasteiger partial charge in [0.25, 0.3) is 0 Å². The van der Waals surface area contributed by atoms with Crippen molar-refractivity contribution in [2.45, 2.75) is 19.7 Å². The molecule has 0 N–H and O–H groups in total. The molecule has 3 rings (SSSR count). The summed E-state index contributed by atoms with van der Waals surface area (Å²) in [6.45, 7) is 1.88. The molecule has 1 heterocycles. The molecule has 0 unspecified atom stereocenters. The summed E-state index contributed by atoms with van der Waals surface area (Å²) >= 11 is 0. The molecule has 0 saturated heterocycles. The number of hydrogen-bond acceptors (Lipinski definition) is 4. The number of rotatable bonds is 5. The van der Waals surface area contributed by atoms with Crippen molar-refractivity contribution in [2.24, 2.45) is 0 Å². The average Bonchev–Trinajstić information content (AvgIpc) is 2.60. The van der Waals surface area contributed by atoms with Crippen LogP contribution in [-0.4, -0.2) is 0 Å². The number of benzene rings is 2. The quantitative estimate of drug-likeness (QED) is 0.603. The molecule has 0 spiro atoms. The van der Waals surface area contributed by atoms with Crippen molar-refractivity contribution in [2.75, 3.05) is 0 Å². The molecule has 0 aliphatic rings. The van der Waals surface area contributed by atoms with Gasteiger partial charge in [-0.1, -0.05) is 0 Å². The first kappa shape index (κ1) is 18.6. The van der Waals surface area contributed by atoms with Gasteiger partial charge in [0, 0.05) is 6.07 Å². The van der Waals surface area contributed by atoms with Crippen molar-refractivity contribution < 1.29 is 27.1 Å². The van der Waals surface area contributed by atoms with E-state index in [9.17, 15) is 18.0 Å². The van der Waals surface area contributed by atoms with Crippen LogP contribution in [0.15, 0.2) is 69.9 Å². The van der Waals surface area contributed by atoms with Gasteiger partial charge >= 0.3 is 11.8 Å². The Hall–Kier alpha value is -3.22. The molecule has 7 heteroatoms. The first-order valence-corrected chi connectivity index (χ1v) is 7.98. The number of halogens is 3. The highest BCUT2D eigenvalue weighted by atomic mass is 19.4. The predicted octanol–water partition coefficient (Wildman–Crippen LogP) is 5.34. The van der Waals surface area contributed by atoms with Crippen molar-refractivity contribution in [3.8, 4) is 17.2 Å². The summed E-state index contributed by atoms with van der Waals surface area (Å²) in [4.78, 5) is 11.3. The highest BCUT2D eigenvalue weighted by molar-refractivity contribution is 5.36. The maximum Gasteiger partial charge on any atom is 0.416 e. The number of ether oxygens (including phenoxy) is 2. The van der Waals surface area contributed by atoms with Crippen LogP contribution in [0.3, 0.4) is 0 Å². The zero-order valence-electron chi connectivity index (χ0n) is 14.2. The van der Waals surface area contributed by atoms with E-state index in [4.69, 9.17) is 13.9 Å². The molecule has 140 valence electrons. The van der Waals surface area contributed by atoms with Crippen LogP contribution in [0.2, 0.25) is 0 Å². The normalized spacial score (nSPS) is 11.3. The third-order valence-corrected chi connectivity index (χ3v) is 3.59. The molecule has 0 bridgehead atoms. The van der Waals surface area contributed by atoms with Crippen molar-refractivity contribution in [3.05, 3.63) is 88.0 Å². The van der Waals surface area contributed by atoms with Gasteiger partial charge in [0.1, 0.15) is 29.6 Å². The van der Waals surface area contributed by atoms with E-state index in [0.717, 1.165) is 17.7 Å². The average molecular weight is 376 g/mol. The Morgan fingerprint density at radius 1 is 0.889 bits per heavy atom. The molecule has 0 saturated carbocycles. The Labute approximate surface area is 152 Å². The maximum atomic E-state index is 12.6. The predicted molar refractivity (Wildman–Crippen MR) is 92.0 cm³/mol. The zero-order chi connectivity index (χ0) is 19.4. The van der Waals surface area contributed by atoms with Gasteiger partial charge in [0.15, 0.2) is 0 Å². The Bertz CT molecular complexity index is 958. The third-order valence-electron chi connectivity index (χ3n) is 3.59. The molecule has 27 heavy (non-hydrogen) atoms. The van der Waals surface area contributed by atoms with Gasteiger partial charge in [-0.05, 0) is 67.1 Å². The number of alkyl halides is 3. The molecular formula is C20H15F3O4. The molecule has 0 radical (unpaired) electrons. The lowest BCUT2D eigenvalue weighted by Crippen LogP contribution is -2.04. The monoisotopic (exact) mass is 376 g/mol. The largest absolute Gasteiger partial charge is 0.486 e. The summed E-state index contributed by atoms with van der Waals surface area (Å²) in [6, 6.07) is 14.1. The Balaban J connectivity index is 1.61. The van der Waals surface area contributed by atoms with Crippen LogP contribution in [0.1, 0.15) is 16.9 Å². The van der Waals surface area contributed by atoms with E-state index in [1.165, 1.54) is 18.2 Å². The number of hydrogen-bond donors (Lipinski definition) is 0. The summed E-state index contributed by atoms with van der Waals surface area (Å²) in [6.07, 6.45) is -4.38. The SMILES string of the molecule is Cc1cc(COc2ccc(Oc3ccc(C(F)(F)F)cc3)cc2)oc(=O)c1. The minimum Gasteiger partial charge on any atom is -0.486 e. The first-order chi connectivity index (χ1) is 12.8. The van der Waals surface area contributed by atoms with Crippen LogP contribution in [0.25, 0.3) is 0 Å². The van der Waals surface area contributed by atoms with Crippen molar-refractivity contribution in [1.82, 2.24) is 0 Å². The van der Waals surface area contributed by atoms with Gasteiger partial charge in [-0.25, -0.2) is 4.79 Å². The van der Waals surface area contributed by atoms with Crippen molar-refractivity contribution in [1.29, 1.82) is 0 Å². The standard InChI is InChI=1S/C20H15F3O4/c1-13-10-18(27-19(24)11-13)12-25-15-6-8-17(9-7-15)26-16-4-2-14(3-5-16)20(21,22)23/h2-11H,12H2,1H3. The lowest BCUT2D eigenvalue weighted by atomic mass is 10.2. The molecule has 0 aliphatic heterocycles. The topological polar surface area (TPSA) is 48.7 Å². The minimum absolute atomic E-state index is 0.0933. The van der Waals surface area contributed by atoms with Crippen molar-refractivity contribution in [3.63, 3.8) is 0 Å². The molecule has 0 atom stereocenters.